The Morgan fingerprint density at radius 3 is 2.43 bits per heavy atom. The van der Waals surface area contributed by atoms with Crippen molar-refractivity contribution in [2.45, 2.75) is 56.8 Å². The van der Waals surface area contributed by atoms with E-state index < -0.39 is 0 Å². The smallest absolute Gasteiger partial charge is 0.119 e. The van der Waals surface area contributed by atoms with Crippen molar-refractivity contribution in [3.05, 3.63) is 65.7 Å². The van der Waals surface area contributed by atoms with Gasteiger partial charge in [-0.05, 0) is 97.6 Å². The van der Waals surface area contributed by atoms with Crippen LogP contribution in [0.5, 0.6) is 5.75 Å². The number of pyridine rings is 1. The number of ether oxygens (including phenoxy) is 2. The first-order valence-electron chi connectivity index (χ1n) is 11.5. The molecular formula is C26H32N2O2. The zero-order valence-corrected chi connectivity index (χ0v) is 17.9. The van der Waals surface area contributed by atoms with Crippen molar-refractivity contribution >= 4 is 5.52 Å². The molecule has 3 aromatic rings. The maximum Gasteiger partial charge on any atom is 0.119 e. The topological polar surface area (TPSA) is 35.8 Å². The van der Waals surface area contributed by atoms with Crippen LogP contribution in [-0.4, -0.2) is 29.7 Å². The maximum atomic E-state index is 5.70. The van der Waals surface area contributed by atoms with Crippen LogP contribution in [-0.2, 0) is 11.2 Å². The van der Waals surface area contributed by atoms with Crippen LogP contribution < -0.4 is 4.74 Å². The number of methoxy groups -OCH3 is 1. The van der Waals surface area contributed by atoms with E-state index in [2.05, 4.69) is 52.1 Å². The van der Waals surface area contributed by atoms with Gasteiger partial charge in [0, 0.05) is 13.3 Å². The van der Waals surface area contributed by atoms with E-state index in [-0.39, 0.29) is 0 Å². The summed E-state index contributed by atoms with van der Waals surface area (Å²) in [6.07, 6.45) is 15.3. The van der Waals surface area contributed by atoms with E-state index >= 15 is 0 Å². The molecule has 2 fully saturated rings. The molecule has 0 atom stereocenters. The third-order valence-corrected chi connectivity index (χ3v) is 7.00. The Labute approximate surface area is 179 Å². The van der Waals surface area contributed by atoms with Gasteiger partial charge in [0.25, 0.3) is 0 Å². The summed E-state index contributed by atoms with van der Waals surface area (Å²) in [6.45, 7) is 1.23. The van der Waals surface area contributed by atoms with E-state index in [9.17, 15) is 0 Å². The van der Waals surface area contributed by atoms with E-state index in [0.29, 0.717) is 19.1 Å². The minimum absolute atomic E-state index is 0.605. The molecule has 0 aliphatic heterocycles. The molecule has 0 bridgehead atoms. The highest BCUT2D eigenvalue weighted by Gasteiger charge is 2.29. The summed E-state index contributed by atoms with van der Waals surface area (Å²) in [4.78, 5) is 4.40. The van der Waals surface area contributed by atoms with Crippen molar-refractivity contribution < 1.29 is 9.47 Å². The molecule has 2 heterocycles. The SMILES string of the molecule is COCCOc1ccc(C2CCC(Cc3c(C4CC4)ccn4cncc34)CC2)cc1. The van der Waals surface area contributed by atoms with Gasteiger partial charge in [0.05, 0.1) is 24.6 Å². The van der Waals surface area contributed by atoms with Crippen molar-refractivity contribution in [3.8, 4) is 5.75 Å². The van der Waals surface area contributed by atoms with E-state index in [1.165, 1.54) is 56.0 Å². The summed E-state index contributed by atoms with van der Waals surface area (Å²) in [5.74, 6) is 3.20. The monoisotopic (exact) mass is 404 g/mol. The third kappa shape index (κ3) is 4.24. The minimum Gasteiger partial charge on any atom is -0.491 e. The Bertz CT molecular complexity index is 966. The summed E-state index contributed by atoms with van der Waals surface area (Å²) in [5, 5.41) is 0. The molecule has 0 saturated heterocycles. The fourth-order valence-electron chi connectivity index (χ4n) is 5.13. The summed E-state index contributed by atoms with van der Waals surface area (Å²) in [5.41, 5.74) is 5.95. The van der Waals surface area contributed by atoms with Gasteiger partial charge in [-0.1, -0.05) is 12.1 Å². The van der Waals surface area contributed by atoms with Crippen LogP contribution >= 0.6 is 0 Å². The Morgan fingerprint density at radius 1 is 0.933 bits per heavy atom. The number of aromatic nitrogens is 2. The van der Waals surface area contributed by atoms with Gasteiger partial charge in [-0.3, -0.25) is 0 Å². The van der Waals surface area contributed by atoms with E-state index in [1.54, 1.807) is 18.2 Å². The average Bonchev–Trinajstić information content (AvgIpc) is 3.51. The lowest BCUT2D eigenvalue weighted by atomic mass is 9.76. The molecule has 0 N–H and O–H groups in total. The van der Waals surface area contributed by atoms with Gasteiger partial charge in [0.15, 0.2) is 0 Å². The lowest BCUT2D eigenvalue weighted by molar-refractivity contribution is 0.146. The van der Waals surface area contributed by atoms with Crippen LogP contribution in [0.3, 0.4) is 0 Å². The molecule has 0 amide bonds. The molecule has 4 nitrogen and oxygen atoms in total. The van der Waals surface area contributed by atoms with Gasteiger partial charge in [-0.25, -0.2) is 4.98 Å². The van der Waals surface area contributed by atoms with E-state index in [1.807, 2.05) is 6.33 Å². The molecule has 30 heavy (non-hydrogen) atoms. The second-order valence-corrected chi connectivity index (χ2v) is 9.04. The molecule has 2 aromatic heterocycles. The summed E-state index contributed by atoms with van der Waals surface area (Å²) < 4.78 is 12.9. The molecule has 0 spiro atoms. The number of rotatable bonds is 8. The van der Waals surface area contributed by atoms with Crippen LogP contribution in [0.4, 0.5) is 0 Å². The third-order valence-electron chi connectivity index (χ3n) is 7.00. The number of fused-ring (bicyclic) bond motifs is 1. The number of imidazole rings is 1. The second kappa shape index (κ2) is 8.81. The van der Waals surface area contributed by atoms with Gasteiger partial charge in [0.2, 0.25) is 0 Å². The van der Waals surface area contributed by atoms with E-state index in [4.69, 9.17) is 9.47 Å². The summed E-state index contributed by atoms with van der Waals surface area (Å²) in [6, 6.07) is 11.1. The number of nitrogens with zero attached hydrogens (tertiary/aromatic N) is 2. The quantitative estimate of drug-likeness (QED) is 0.448. The molecule has 0 unspecified atom stereocenters. The first-order chi connectivity index (χ1) is 14.8. The van der Waals surface area contributed by atoms with Crippen LogP contribution in [0, 0.1) is 5.92 Å². The molecule has 2 saturated carbocycles. The zero-order chi connectivity index (χ0) is 20.3. The number of hydrogen-bond donors (Lipinski definition) is 0. The molecule has 0 radical (unpaired) electrons. The predicted octanol–water partition coefficient (Wildman–Crippen LogP) is 5.75. The lowest BCUT2D eigenvalue weighted by Crippen LogP contribution is -2.16. The Morgan fingerprint density at radius 2 is 1.70 bits per heavy atom. The Balaban J connectivity index is 1.21. The van der Waals surface area contributed by atoms with E-state index in [0.717, 1.165) is 17.6 Å². The van der Waals surface area contributed by atoms with Crippen LogP contribution in [0.25, 0.3) is 5.52 Å². The molecule has 2 aliphatic rings. The fourth-order valence-corrected chi connectivity index (χ4v) is 5.13. The molecular weight excluding hydrogens is 372 g/mol. The van der Waals surface area contributed by atoms with Gasteiger partial charge >= 0.3 is 0 Å². The largest absolute Gasteiger partial charge is 0.491 e. The Hall–Kier alpha value is -2.33. The first kappa shape index (κ1) is 19.6. The second-order valence-electron chi connectivity index (χ2n) is 9.04. The van der Waals surface area contributed by atoms with Gasteiger partial charge in [0.1, 0.15) is 12.4 Å². The van der Waals surface area contributed by atoms with Crippen LogP contribution in [0.1, 0.15) is 67.1 Å². The van der Waals surface area contributed by atoms with Crippen molar-refractivity contribution in [2.75, 3.05) is 20.3 Å². The highest BCUT2D eigenvalue weighted by atomic mass is 16.5. The first-order valence-corrected chi connectivity index (χ1v) is 11.5. The molecule has 5 rings (SSSR count). The standard InChI is InChI=1S/C26H32N2O2/c1-29-14-15-30-23-10-8-21(9-11-23)20-4-2-19(3-5-20)16-25-24(22-6-7-22)12-13-28-18-27-17-26(25)28/h8-13,17-20,22H,2-7,14-16H2,1H3. The fraction of sp³-hybridized carbons (Fsp3) is 0.500. The van der Waals surface area contributed by atoms with Crippen molar-refractivity contribution in [2.24, 2.45) is 5.92 Å². The van der Waals surface area contributed by atoms with Crippen LogP contribution in [0.2, 0.25) is 0 Å². The highest BCUT2D eigenvalue weighted by Crippen LogP contribution is 2.44. The average molecular weight is 405 g/mol. The van der Waals surface area contributed by atoms with Crippen molar-refractivity contribution in [1.82, 2.24) is 9.38 Å². The van der Waals surface area contributed by atoms with Crippen molar-refractivity contribution in [1.29, 1.82) is 0 Å². The van der Waals surface area contributed by atoms with Crippen molar-refractivity contribution in [3.63, 3.8) is 0 Å². The normalized spacial score (nSPS) is 21.8. The predicted molar refractivity (Wildman–Crippen MR) is 119 cm³/mol. The van der Waals surface area contributed by atoms with Gasteiger partial charge < -0.3 is 13.9 Å². The zero-order valence-electron chi connectivity index (χ0n) is 17.9. The highest BCUT2D eigenvalue weighted by molar-refractivity contribution is 5.58. The summed E-state index contributed by atoms with van der Waals surface area (Å²) >= 11 is 0. The molecule has 4 heteroatoms. The minimum atomic E-state index is 0.605. The van der Waals surface area contributed by atoms with Gasteiger partial charge in [-0.15, -0.1) is 0 Å². The molecule has 158 valence electrons. The molecule has 2 aliphatic carbocycles. The molecule has 1 aromatic carbocycles. The maximum absolute atomic E-state index is 5.70. The Kier molecular flexibility index (Phi) is 5.76. The number of hydrogen-bond acceptors (Lipinski definition) is 3. The van der Waals surface area contributed by atoms with Gasteiger partial charge in [-0.2, -0.15) is 0 Å². The van der Waals surface area contributed by atoms with Crippen LogP contribution in [0.15, 0.2) is 49.1 Å². The summed E-state index contributed by atoms with van der Waals surface area (Å²) in [7, 11) is 1.70. The number of benzene rings is 1. The lowest BCUT2D eigenvalue weighted by Gasteiger charge is -2.29.